The van der Waals surface area contributed by atoms with Gasteiger partial charge in [-0.3, -0.25) is 9.69 Å². The van der Waals surface area contributed by atoms with Crippen molar-refractivity contribution in [2.24, 2.45) is 5.73 Å². The summed E-state index contributed by atoms with van der Waals surface area (Å²) in [6.07, 6.45) is 3.21. The summed E-state index contributed by atoms with van der Waals surface area (Å²) < 4.78 is 6.28. The van der Waals surface area contributed by atoms with E-state index in [9.17, 15) is 4.79 Å². The highest BCUT2D eigenvalue weighted by Crippen LogP contribution is 2.31. The van der Waals surface area contributed by atoms with E-state index in [2.05, 4.69) is 52.3 Å². The zero-order chi connectivity index (χ0) is 19.3. The Labute approximate surface area is 164 Å². The molecule has 1 aliphatic rings. The van der Waals surface area contributed by atoms with E-state index in [-0.39, 0.29) is 6.23 Å². The zero-order valence-electron chi connectivity index (χ0n) is 15.6. The van der Waals surface area contributed by atoms with Crippen LogP contribution in [-0.2, 0) is 12.8 Å². The maximum absolute atomic E-state index is 11.3. The van der Waals surface area contributed by atoms with E-state index < -0.39 is 5.91 Å². The Bertz CT molecular complexity index is 942. The van der Waals surface area contributed by atoms with Gasteiger partial charge in [-0.2, -0.15) is 0 Å². The van der Waals surface area contributed by atoms with Crippen LogP contribution in [0, 0.1) is 0 Å². The summed E-state index contributed by atoms with van der Waals surface area (Å²) in [5.74, 6) is -0.0111. The van der Waals surface area contributed by atoms with E-state index in [4.69, 9.17) is 10.5 Å². The standard InChI is InChI=1S/C23H23N3O2/c24-22(27)19-10-11-21(25-16-19)28-23-20-9-5-4-8-18(20)13-15-26(23)14-12-17-6-2-1-3-7-17/h1-11,16,23H,12-15H2,(H2,24,27). The summed E-state index contributed by atoms with van der Waals surface area (Å²) in [7, 11) is 0. The second-order valence-electron chi connectivity index (χ2n) is 6.94. The van der Waals surface area contributed by atoms with Crippen LogP contribution in [0.1, 0.15) is 33.3 Å². The molecular formula is C23H23N3O2. The third-order valence-electron chi connectivity index (χ3n) is 5.10. The van der Waals surface area contributed by atoms with Crippen molar-refractivity contribution in [3.05, 3.63) is 95.2 Å². The van der Waals surface area contributed by atoms with Crippen LogP contribution in [0.3, 0.4) is 0 Å². The molecule has 2 N–H and O–H groups in total. The average molecular weight is 373 g/mol. The molecule has 1 amide bonds. The molecule has 142 valence electrons. The SMILES string of the molecule is NC(=O)c1ccc(OC2c3ccccc3CCN2CCc2ccccc2)nc1. The van der Waals surface area contributed by atoms with Gasteiger partial charge in [-0.05, 0) is 30.0 Å². The molecule has 0 spiro atoms. The monoisotopic (exact) mass is 373 g/mol. The second kappa shape index (κ2) is 8.23. The Morgan fingerprint density at radius 1 is 1.07 bits per heavy atom. The van der Waals surface area contributed by atoms with Gasteiger partial charge in [-0.1, -0.05) is 54.6 Å². The minimum absolute atomic E-state index is 0.208. The predicted molar refractivity (Wildman–Crippen MR) is 108 cm³/mol. The molecule has 1 unspecified atom stereocenters. The Hall–Kier alpha value is -3.18. The van der Waals surface area contributed by atoms with Crippen molar-refractivity contribution in [1.29, 1.82) is 0 Å². The van der Waals surface area contributed by atoms with Crippen molar-refractivity contribution in [2.45, 2.75) is 19.1 Å². The molecule has 0 radical (unpaired) electrons. The van der Waals surface area contributed by atoms with Crippen LogP contribution in [0.25, 0.3) is 0 Å². The molecule has 4 rings (SSSR count). The molecule has 0 bridgehead atoms. The molecule has 2 aromatic carbocycles. The smallest absolute Gasteiger partial charge is 0.250 e. The summed E-state index contributed by atoms with van der Waals surface area (Å²) in [5.41, 5.74) is 9.45. The topological polar surface area (TPSA) is 68.5 Å². The van der Waals surface area contributed by atoms with Gasteiger partial charge in [-0.25, -0.2) is 4.98 Å². The van der Waals surface area contributed by atoms with Crippen molar-refractivity contribution in [3.63, 3.8) is 0 Å². The van der Waals surface area contributed by atoms with Crippen molar-refractivity contribution in [1.82, 2.24) is 9.88 Å². The summed E-state index contributed by atoms with van der Waals surface area (Å²) in [6, 6.07) is 22.2. The summed E-state index contributed by atoms with van der Waals surface area (Å²) >= 11 is 0. The first-order valence-electron chi connectivity index (χ1n) is 9.49. The number of fused-ring (bicyclic) bond motifs is 1. The minimum Gasteiger partial charge on any atom is -0.454 e. The van der Waals surface area contributed by atoms with E-state index >= 15 is 0 Å². The lowest BCUT2D eigenvalue weighted by atomic mass is 9.97. The highest BCUT2D eigenvalue weighted by molar-refractivity contribution is 5.92. The number of carbonyl (C=O) groups excluding carboxylic acids is 1. The number of amides is 1. The van der Waals surface area contributed by atoms with Crippen molar-refractivity contribution < 1.29 is 9.53 Å². The van der Waals surface area contributed by atoms with E-state index in [1.165, 1.54) is 22.9 Å². The zero-order valence-corrected chi connectivity index (χ0v) is 15.6. The quantitative estimate of drug-likeness (QED) is 0.719. The number of aromatic nitrogens is 1. The Morgan fingerprint density at radius 3 is 2.61 bits per heavy atom. The molecule has 0 fully saturated rings. The summed E-state index contributed by atoms with van der Waals surface area (Å²) in [4.78, 5) is 17.9. The molecule has 1 aliphatic heterocycles. The number of ether oxygens (including phenoxy) is 1. The highest BCUT2D eigenvalue weighted by Gasteiger charge is 2.29. The maximum Gasteiger partial charge on any atom is 0.250 e. The number of nitrogens with zero attached hydrogens (tertiary/aromatic N) is 2. The first-order valence-corrected chi connectivity index (χ1v) is 9.49. The van der Waals surface area contributed by atoms with E-state index in [1.54, 1.807) is 12.1 Å². The van der Waals surface area contributed by atoms with Gasteiger partial charge in [0.15, 0.2) is 6.23 Å². The molecule has 0 aliphatic carbocycles. The third kappa shape index (κ3) is 4.05. The fourth-order valence-corrected chi connectivity index (χ4v) is 3.58. The van der Waals surface area contributed by atoms with Crippen LogP contribution < -0.4 is 10.5 Å². The summed E-state index contributed by atoms with van der Waals surface area (Å²) in [5, 5.41) is 0. The van der Waals surface area contributed by atoms with Crippen LogP contribution in [0.2, 0.25) is 0 Å². The van der Waals surface area contributed by atoms with Gasteiger partial charge in [0.2, 0.25) is 11.8 Å². The molecule has 5 nitrogen and oxygen atoms in total. The molecule has 0 saturated carbocycles. The maximum atomic E-state index is 11.3. The largest absolute Gasteiger partial charge is 0.454 e. The lowest BCUT2D eigenvalue weighted by Crippen LogP contribution is -2.39. The molecule has 0 saturated heterocycles. The molecular weight excluding hydrogens is 350 g/mol. The van der Waals surface area contributed by atoms with Crippen molar-refractivity contribution >= 4 is 5.91 Å². The molecule has 3 aromatic rings. The van der Waals surface area contributed by atoms with Crippen LogP contribution >= 0.6 is 0 Å². The Balaban J connectivity index is 1.56. The van der Waals surface area contributed by atoms with Crippen LogP contribution in [0.5, 0.6) is 5.88 Å². The first kappa shape index (κ1) is 18.2. The van der Waals surface area contributed by atoms with Crippen LogP contribution in [0.4, 0.5) is 0 Å². The molecule has 28 heavy (non-hydrogen) atoms. The van der Waals surface area contributed by atoms with Gasteiger partial charge >= 0.3 is 0 Å². The van der Waals surface area contributed by atoms with E-state index in [1.807, 2.05) is 12.1 Å². The molecule has 1 atom stereocenters. The van der Waals surface area contributed by atoms with Gasteiger partial charge in [0.25, 0.3) is 0 Å². The van der Waals surface area contributed by atoms with Crippen molar-refractivity contribution in [2.75, 3.05) is 13.1 Å². The Morgan fingerprint density at radius 2 is 1.86 bits per heavy atom. The number of carbonyl (C=O) groups is 1. The van der Waals surface area contributed by atoms with Crippen molar-refractivity contribution in [3.8, 4) is 5.88 Å². The molecule has 1 aromatic heterocycles. The predicted octanol–water partition coefficient (Wildman–Crippen LogP) is 3.36. The van der Waals surface area contributed by atoms with Gasteiger partial charge in [0.05, 0.1) is 5.56 Å². The number of primary amides is 1. The summed E-state index contributed by atoms with van der Waals surface area (Å²) in [6.45, 7) is 1.82. The number of pyridine rings is 1. The fraction of sp³-hybridized carbons (Fsp3) is 0.217. The fourth-order valence-electron chi connectivity index (χ4n) is 3.58. The van der Waals surface area contributed by atoms with Gasteiger partial charge in [0, 0.05) is 30.9 Å². The van der Waals surface area contributed by atoms with Crippen LogP contribution in [-0.4, -0.2) is 28.9 Å². The number of hydrogen-bond acceptors (Lipinski definition) is 4. The first-order chi connectivity index (χ1) is 13.7. The minimum atomic E-state index is -0.494. The highest BCUT2D eigenvalue weighted by atomic mass is 16.5. The Kier molecular flexibility index (Phi) is 5.35. The normalized spacial score (nSPS) is 16.4. The van der Waals surface area contributed by atoms with Gasteiger partial charge in [-0.15, -0.1) is 0 Å². The van der Waals surface area contributed by atoms with E-state index in [0.29, 0.717) is 11.4 Å². The van der Waals surface area contributed by atoms with Crippen LogP contribution in [0.15, 0.2) is 72.9 Å². The molecule has 5 heteroatoms. The second-order valence-corrected chi connectivity index (χ2v) is 6.94. The third-order valence-corrected chi connectivity index (χ3v) is 5.10. The average Bonchev–Trinajstić information content (AvgIpc) is 2.74. The van der Waals surface area contributed by atoms with E-state index in [0.717, 1.165) is 25.9 Å². The number of rotatable bonds is 6. The molecule has 2 heterocycles. The number of nitrogens with two attached hydrogens (primary N) is 1. The van der Waals surface area contributed by atoms with Gasteiger partial charge in [0.1, 0.15) is 0 Å². The number of benzene rings is 2. The van der Waals surface area contributed by atoms with Gasteiger partial charge < -0.3 is 10.5 Å². The lowest BCUT2D eigenvalue weighted by molar-refractivity contribution is 0.0124. The number of hydrogen-bond donors (Lipinski definition) is 1. The lowest BCUT2D eigenvalue weighted by Gasteiger charge is -2.36.